The zero-order valence-electron chi connectivity index (χ0n) is 20.5. The second-order valence-corrected chi connectivity index (χ2v) is 10.1. The van der Waals surface area contributed by atoms with Crippen LogP contribution in [0.2, 0.25) is 0 Å². The minimum atomic E-state index is 0.0941. The van der Waals surface area contributed by atoms with Gasteiger partial charge in [-0.25, -0.2) is 0 Å². The van der Waals surface area contributed by atoms with Crippen molar-refractivity contribution < 1.29 is 9.53 Å². The molecule has 7 heteroatoms. The summed E-state index contributed by atoms with van der Waals surface area (Å²) in [4.78, 5) is 23.1. The molecular weight excluding hydrogens is 414 g/mol. The van der Waals surface area contributed by atoms with Crippen LogP contribution >= 0.6 is 0 Å². The first-order valence-electron chi connectivity index (χ1n) is 12.9. The number of piperazine rings is 1. The van der Waals surface area contributed by atoms with E-state index in [1.165, 1.54) is 5.56 Å². The molecule has 3 saturated heterocycles. The van der Waals surface area contributed by atoms with E-state index in [1.54, 1.807) is 0 Å². The van der Waals surface area contributed by atoms with E-state index in [2.05, 4.69) is 62.3 Å². The number of morpholine rings is 1. The van der Waals surface area contributed by atoms with Gasteiger partial charge in [-0.2, -0.15) is 0 Å². The van der Waals surface area contributed by atoms with Crippen molar-refractivity contribution in [3.8, 4) is 0 Å². The molecule has 1 aromatic carbocycles. The van der Waals surface area contributed by atoms with Gasteiger partial charge in [-0.3, -0.25) is 9.69 Å². The van der Waals surface area contributed by atoms with Crippen LogP contribution in [0.15, 0.2) is 30.3 Å². The van der Waals surface area contributed by atoms with Crippen molar-refractivity contribution in [3.05, 3.63) is 35.9 Å². The molecule has 0 bridgehead atoms. The normalized spacial score (nSPS) is 26.3. The molecule has 0 unspecified atom stereocenters. The molecule has 3 aliphatic rings. The molecular formula is C26H43N5O2. The number of hydrogen-bond donors (Lipinski definition) is 1. The van der Waals surface area contributed by atoms with E-state index in [4.69, 9.17) is 4.74 Å². The molecule has 184 valence electrons. The number of nitrogens with zero attached hydrogens (tertiary/aromatic N) is 4. The predicted octanol–water partition coefficient (Wildman–Crippen LogP) is 0.863. The fraction of sp³-hybridized carbons (Fsp3) is 0.731. The lowest BCUT2D eigenvalue weighted by Gasteiger charge is -2.41. The molecule has 3 fully saturated rings. The number of carbonyl (C=O) groups excluding carboxylic acids is 1. The van der Waals surface area contributed by atoms with E-state index in [-0.39, 0.29) is 11.8 Å². The lowest BCUT2D eigenvalue weighted by atomic mass is 9.87. The Morgan fingerprint density at radius 2 is 1.70 bits per heavy atom. The van der Waals surface area contributed by atoms with Gasteiger partial charge < -0.3 is 24.8 Å². The molecule has 0 spiro atoms. The largest absolute Gasteiger partial charge is 0.379 e. The van der Waals surface area contributed by atoms with Gasteiger partial charge in [0.05, 0.1) is 19.1 Å². The SMILES string of the molecule is CN1CCN(C[C@H]2C[C@@H](C(=O)NCCN3CCOCC3)CN(CCc3ccccc3)C2)CC1. The zero-order valence-corrected chi connectivity index (χ0v) is 20.5. The monoisotopic (exact) mass is 457 g/mol. The Morgan fingerprint density at radius 3 is 2.45 bits per heavy atom. The molecule has 4 rings (SSSR count). The van der Waals surface area contributed by atoms with E-state index in [1.807, 2.05) is 0 Å². The number of likely N-dealkylation sites (tertiary alicyclic amines) is 1. The number of amides is 1. The Morgan fingerprint density at radius 1 is 0.939 bits per heavy atom. The van der Waals surface area contributed by atoms with E-state index in [0.29, 0.717) is 5.92 Å². The molecule has 0 saturated carbocycles. The Labute approximate surface area is 200 Å². The van der Waals surface area contributed by atoms with Crippen LogP contribution in [0.5, 0.6) is 0 Å². The van der Waals surface area contributed by atoms with Crippen LogP contribution < -0.4 is 5.32 Å². The van der Waals surface area contributed by atoms with Gasteiger partial charge in [0, 0.05) is 78.5 Å². The maximum atomic E-state index is 13.1. The fourth-order valence-electron chi connectivity index (χ4n) is 5.44. The third kappa shape index (κ3) is 8.04. The van der Waals surface area contributed by atoms with Crippen LogP contribution in [0, 0.1) is 11.8 Å². The number of hydrogen-bond acceptors (Lipinski definition) is 6. The highest BCUT2D eigenvalue weighted by Crippen LogP contribution is 2.24. The molecule has 0 aromatic heterocycles. The van der Waals surface area contributed by atoms with E-state index in [9.17, 15) is 4.79 Å². The molecule has 7 nitrogen and oxygen atoms in total. The van der Waals surface area contributed by atoms with Gasteiger partial charge in [-0.15, -0.1) is 0 Å². The van der Waals surface area contributed by atoms with Crippen molar-refractivity contribution in [2.45, 2.75) is 12.8 Å². The minimum Gasteiger partial charge on any atom is -0.379 e. The number of carbonyl (C=O) groups is 1. The van der Waals surface area contributed by atoms with Gasteiger partial charge >= 0.3 is 0 Å². The first-order valence-corrected chi connectivity index (χ1v) is 12.9. The van der Waals surface area contributed by atoms with Crippen molar-refractivity contribution >= 4 is 5.91 Å². The number of ether oxygens (including phenoxy) is 1. The van der Waals surface area contributed by atoms with Crippen LogP contribution in [-0.4, -0.2) is 124 Å². The van der Waals surface area contributed by atoms with Gasteiger partial charge in [-0.1, -0.05) is 30.3 Å². The number of nitrogens with one attached hydrogen (secondary N) is 1. The van der Waals surface area contributed by atoms with Crippen LogP contribution in [0.25, 0.3) is 0 Å². The lowest BCUT2D eigenvalue weighted by molar-refractivity contribution is -0.127. The van der Waals surface area contributed by atoms with E-state index < -0.39 is 0 Å². The summed E-state index contributed by atoms with van der Waals surface area (Å²) in [5.41, 5.74) is 1.38. The summed E-state index contributed by atoms with van der Waals surface area (Å²) in [6.45, 7) is 13.9. The van der Waals surface area contributed by atoms with Crippen LogP contribution in [0.4, 0.5) is 0 Å². The average Bonchev–Trinajstić information content (AvgIpc) is 2.85. The van der Waals surface area contributed by atoms with Gasteiger partial charge in [-0.05, 0) is 31.4 Å². The molecule has 1 aromatic rings. The standard InChI is InChI=1S/C26H43N5O2/c1-28-11-13-30(14-12-28)20-24-19-25(26(32)27-8-10-29-15-17-33-18-16-29)22-31(21-24)9-7-23-5-3-2-4-6-23/h2-6,24-25H,7-22H2,1H3,(H,27,32)/t24-,25-/m1/s1. The van der Waals surface area contributed by atoms with Crippen molar-refractivity contribution in [2.24, 2.45) is 11.8 Å². The smallest absolute Gasteiger partial charge is 0.224 e. The fourth-order valence-corrected chi connectivity index (χ4v) is 5.44. The van der Waals surface area contributed by atoms with Crippen molar-refractivity contribution in [1.82, 2.24) is 24.9 Å². The Bertz CT molecular complexity index is 704. The molecule has 1 N–H and O–H groups in total. The first-order chi connectivity index (χ1) is 16.2. The summed E-state index contributed by atoms with van der Waals surface area (Å²) in [6, 6.07) is 10.7. The summed E-state index contributed by atoms with van der Waals surface area (Å²) < 4.78 is 5.43. The zero-order chi connectivity index (χ0) is 22.9. The van der Waals surface area contributed by atoms with Gasteiger partial charge in [0.2, 0.25) is 5.91 Å². The highest BCUT2D eigenvalue weighted by molar-refractivity contribution is 5.79. The highest BCUT2D eigenvalue weighted by atomic mass is 16.5. The quantitative estimate of drug-likeness (QED) is 0.594. The van der Waals surface area contributed by atoms with Gasteiger partial charge in [0.25, 0.3) is 0 Å². The summed E-state index contributed by atoms with van der Waals surface area (Å²) in [5.74, 6) is 0.903. The number of rotatable bonds is 9. The van der Waals surface area contributed by atoms with Gasteiger partial charge in [0.1, 0.15) is 0 Å². The Kier molecular flexibility index (Phi) is 9.56. The molecule has 2 atom stereocenters. The Hall–Kier alpha value is -1.51. The lowest BCUT2D eigenvalue weighted by Crippen LogP contribution is -2.52. The molecule has 1 amide bonds. The van der Waals surface area contributed by atoms with Gasteiger partial charge in [0.15, 0.2) is 0 Å². The van der Waals surface area contributed by atoms with E-state index in [0.717, 1.165) is 105 Å². The number of piperidine rings is 1. The maximum absolute atomic E-state index is 13.1. The van der Waals surface area contributed by atoms with Crippen molar-refractivity contribution in [2.75, 3.05) is 98.8 Å². The van der Waals surface area contributed by atoms with Crippen molar-refractivity contribution in [3.63, 3.8) is 0 Å². The maximum Gasteiger partial charge on any atom is 0.224 e. The Balaban J connectivity index is 1.29. The minimum absolute atomic E-state index is 0.0941. The van der Waals surface area contributed by atoms with Crippen molar-refractivity contribution in [1.29, 1.82) is 0 Å². The summed E-state index contributed by atoms with van der Waals surface area (Å²) in [6.07, 6.45) is 2.06. The summed E-state index contributed by atoms with van der Waals surface area (Å²) in [7, 11) is 2.21. The number of benzene rings is 1. The summed E-state index contributed by atoms with van der Waals surface area (Å²) >= 11 is 0. The third-order valence-corrected chi connectivity index (χ3v) is 7.49. The third-order valence-electron chi connectivity index (χ3n) is 7.49. The average molecular weight is 458 g/mol. The molecule has 33 heavy (non-hydrogen) atoms. The first kappa shape index (κ1) is 24.6. The van der Waals surface area contributed by atoms with Crippen LogP contribution in [-0.2, 0) is 16.0 Å². The topological polar surface area (TPSA) is 51.3 Å². The number of likely N-dealkylation sites (N-methyl/N-ethyl adjacent to an activating group) is 1. The highest BCUT2D eigenvalue weighted by Gasteiger charge is 2.32. The molecule has 0 aliphatic carbocycles. The van der Waals surface area contributed by atoms with E-state index >= 15 is 0 Å². The molecule has 0 radical (unpaired) electrons. The molecule has 3 aliphatic heterocycles. The van der Waals surface area contributed by atoms with Crippen LogP contribution in [0.1, 0.15) is 12.0 Å². The molecule has 3 heterocycles. The second kappa shape index (κ2) is 12.8. The second-order valence-electron chi connectivity index (χ2n) is 10.1. The van der Waals surface area contributed by atoms with Crippen LogP contribution in [0.3, 0.4) is 0 Å². The summed E-state index contributed by atoms with van der Waals surface area (Å²) in [5, 5.41) is 3.26. The predicted molar refractivity (Wildman–Crippen MR) is 132 cm³/mol.